The highest BCUT2D eigenvalue weighted by molar-refractivity contribution is 7.93. The Hall–Kier alpha value is -2.91. The fourth-order valence-corrected chi connectivity index (χ4v) is 6.37. The molecule has 1 N–H and O–H groups in total. The SMILES string of the molecule is O=S(=O)(Cc1cccc(F)c1)Nc1ccc2c(c1)N(S(=O)(=O)c1ccccc1)CCC2. The Labute approximate surface area is 181 Å². The van der Waals surface area contributed by atoms with E-state index in [0.29, 0.717) is 30.6 Å². The van der Waals surface area contributed by atoms with Crippen molar-refractivity contribution in [3.05, 3.63) is 89.7 Å². The lowest BCUT2D eigenvalue weighted by Gasteiger charge is -2.31. The summed E-state index contributed by atoms with van der Waals surface area (Å²) in [6.07, 6.45) is 1.37. The molecule has 0 saturated heterocycles. The van der Waals surface area contributed by atoms with E-state index in [0.717, 1.165) is 5.56 Å². The molecule has 6 nitrogen and oxygen atoms in total. The number of fused-ring (bicyclic) bond motifs is 1. The Balaban J connectivity index is 1.63. The van der Waals surface area contributed by atoms with Crippen LogP contribution in [0.15, 0.2) is 77.7 Å². The van der Waals surface area contributed by atoms with Crippen molar-refractivity contribution in [1.29, 1.82) is 0 Å². The molecule has 0 aliphatic carbocycles. The first-order valence-electron chi connectivity index (χ1n) is 9.70. The number of nitrogens with zero attached hydrogens (tertiary/aromatic N) is 1. The van der Waals surface area contributed by atoms with Gasteiger partial charge >= 0.3 is 0 Å². The number of anilines is 2. The van der Waals surface area contributed by atoms with Gasteiger partial charge in [0.2, 0.25) is 10.0 Å². The van der Waals surface area contributed by atoms with Gasteiger partial charge in [0.1, 0.15) is 5.82 Å². The van der Waals surface area contributed by atoms with Crippen molar-refractivity contribution >= 4 is 31.4 Å². The van der Waals surface area contributed by atoms with E-state index in [9.17, 15) is 21.2 Å². The molecule has 1 heterocycles. The van der Waals surface area contributed by atoms with Crippen LogP contribution >= 0.6 is 0 Å². The zero-order valence-electron chi connectivity index (χ0n) is 16.5. The number of benzene rings is 3. The molecule has 4 rings (SSSR count). The zero-order chi connectivity index (χ0) is 22.1. The molecule has 0 unspecified atom stereocenters. The van der Waals surface area contributed by atoms with Gasteiger partial charge in [0.05, 0.1) is 22.0 Å². The van der Waals surface area contributed by atoms with E-state index < -0.39 is 31.6 Å². The van der Waals surface area contributed by atoms with Crippen molar-refractivity contribution in [3.63, 3.8) is 0 Å². The van der Waals surface area contributed by atoms with Crippen molar-refractivity contribution in [2.24, 2.45) is 0 Å². The van der Waals surface area contributed by atoms with Crippen LogP contribution in [0.5, 0.6) is 0 Å². The quantitative estimate of drug-likeness (QED) is 0.605. The Morgan fingerprint density at radius 2 is 1.68 bits per heavy atom. The fraction of sp³-hybridized carbons (Fsp3) is 0.182. The highest BCUT2D eigenvalue weighted by Gasteiger charge is 2.29. The summed E-state index contributed by atoms with van der Waals surface area (Å²) in [6.45, 7) is 0.309. The highest BCUT2D eigenvalue weighted by Crippen LogP contribution is 2.34. The van der Waals surface area contributed by atoms with Gasteiger partial charge in [0.15, 0.2) is 0 Å². The summed E-state index contributed by atoms with van der Waals surface area (Å²) in [7, 11) is -7.60. The Morgan fingerprint density at radius 3 is 2.42 bits per heavy atom. The van der Waals surface area contributed by atoms with Crippen LogP contribution in [0.2, 0.25) is 0 Å². The Bertz CT molecular complexity index is 1310. The summed E-state index contributed by atoms with van der Waals surface area (Å²) < 4.78 is 68.7. The monoisotopic (exact) mass is 460 g/mol. The van der Waals surface area contributed by atoms with E-state index in [-0.39, 0.29) is 10.6 Å². The molecule has 0 fully saturated rings. The van der Waals surface area contributed by atoms with E-state index >= 15 is 0 Å². The Kier molecular flexibility index (Phi) is 5.72. The smallest absolute Gasteiger partial charge is 0.264 e. The molecule has 31 heavy (non-hydrogen) atoms. The maximum atomic E-state index is 13.4. The molecule has 9 heteroatoms. The first-order chi connectivity index (χ1) is 14.7. The van der Waals surface area contributed by atoms with Crippen LogP contribution in [-0.4, -0.2) is 23.4 Å². The maximum Gasteiger partial charge on any atom is 0.264 e. The molecule has 0 saturated carbocycles. The fourth-order valence-electron chi connectivity index (χ4n) is 3.64. The van der Waals surface area contributed by atoms with Crippen LogP contribution < -0.4 is 9.03 Å². The number of hydrogen-bond acceptors (Lipinski definition) is 4. The number of aryl methyl sites for hydroxylation is 1. The summed E-state index contributed by atoms with van der Waals surface area (Å²) in [5.74, 6) is -0.906. The summed E-state index contributed by atoms with van der Waals surface area (Å²) >= 11 is 0. The third-order valence-corrected chi connectivity index (χ3v) is 8.10. The third kappa shape index (κ3) is 4.72. The van der Waals surface area contributed by atoms with Gasteiger partial charge in [-0.3, -0.25) is 9.03 Å². The molecule has 0 spiro atoms. The maximum absolute atomic E-state index is 13.4. The van der Waals surface area contributed by atoms with Crippen molar-refractivity contribution in [1.82, 2.24) is 0 Å². The minimum atomic E-state index is -3.82. The Morgan fingerprint density at radius 1 is 0.903 bits per heavy atom. The van der Waals surface area contributed by atoms with Gasteiger partial charge in [-0.2, -0.15) is 0 Å². The van der Waals surface area contributed by atoms with Gasteiger partial charge in [-0.15, -0.1) is 0 Å². The van der Waals surface area contributed by atoms with Crippen molar-refractivity contribution in [2.75, 3.05) is 15.6 Å². The zero-order valence-corrected chi connectivity index (χ0v) is 18.2. The number of hydrogen-bond donors (Lipinski definition) is 1. The third-order valence-electron chi connectivity index (χ3n) is 5.01. The molecule has 162 valence electrons. The first-order valence-corrected chi connectivity index (χ1v) is 12.8. The van der Waals surface area contributed by atoms with Gasteiger partial charge in [-0.05, 0) is 60.4 Å². The normalized spacial score (nSPS) is 14.2. The van der Waals surface area contributed by atoms with E-state index in [1.54, 1.807) is 30.3 Å². The summed E-state index contributed by atoms with van der Waals surface area (Å²) in [5, 5.41) is 0. The van der Waals surface area contributed by atoms with Crippen LogP contribution in [0.1, 0.15) is 17.5 Å². The number of halogens is 1. The van der Waals surface area contributed by atoms with Crippen molar-refractivity contribution in [3.8, 4) is 0 Å². The van der Waals surface area contributed by atoms with E-state index in [4.69, 9.17) is 0 Å². The minimum Gasteiger partial charge on any atom is -0.283 e. The highest BCUT2D eigenvalue weighted by atomic mass is 32.2. The van der Waals surface area contributed by atoms with Gasteiger partial charge in [-0.25, -0.2) is 21.2 Å². The first kappa shape index (κ1) is 21.3. The average Bonchev–Trinajstić information content (AvgIpc) is 2.73. The van der Waals surface area contributed by atoms with Gasteiger partial charge < -0.3 is 0 Å². The van der Waals surface area contributed by atoms with Gasteiger partial charge in [0.25, 0.3) is 10.0 Å². The topological polar surface area (TPSA) is 83.6 Å². The predicted molar refractivity (Wildman–Crippen MR) is 118 cm³/mol. The second kappa shape index (κ2) is 8.32. The molecule has 0 atom stereocenters. The largest absolute Gasteiger partial charge is 0.283 e. The minimum absolute atomic E-state index is 0.180. The summed E-state index contributed by atoms with van der Waals surface area (Å²) in [4.78, 5) is 0.180. The van der Waals surface area contributed by atoms with E-state index in [1.165, 1.54) is 46.8 Å². The molecular weight excluding hydrogens is 439 g/mol. The summed E-state index contributed by atoms with van der Waals surface area (Å²) in [5.41, 5.74) is 1.86. The van der Waals surface area contributed by atoms with Crippen molar-refractivity contribution in [2.45, 2.75) is 23.5 Å². The van der Waals surface area contributed by atoms with Gasteiger partial charge in [-0.1, -0.05) is 36.4 Å². The molecular formula is C22H21FN2O4S2. The average molecular weight is 461 g/mol. The lowest BCUT2D eigenvalue weighted by atomic mass is 10.0. The molecule has 1 aliphatic rings. The standard InChI is InChI=1S/C22H21FN2O4S2/c23-19-8-4-6-17(14-19)16-30(26,27)24-20-12-11-18-7-5-13-25(22(18)15-20)31(28,29)21-9-2-1-3-10-21/h1-4,6,8-12,14-15,24H,5,7,13,16H2. The molecule has 3 aromatic rings. The second-order valence-electron chi connectivity index (χ2n) is 7.33. The van der Waals surface area contributed by atoms with Crippen LogP contribution in [-0.2, 0) is 32.2 Å². The second-order valence-corrected chi connectivity index (χ2v) is 10.9. The van der Waals surface area contributed by atoms with Crippen LogP contribution in [0.3, 0.4) is 0 Å². The molecule has 3 aromatic carbocycles. The molecule has 0 aromatic heterocycles. The van der Waals surface area contributed by atoms with E-state index in [1.807, 2.05) is 0 Å². The van der Waals surface area contributed by atoms with Crippen LogP contribution in [0.4, 0.5) is 15.8 Å². The molecule has 0 bridgehead atoms. The van der Waals surface area contributed by atoms with Crippen LogP contribution in [0, 0.1) is 5.82 Å². The van der Waals surface area contributed by atoms with Crippen LogP contribution in [0.25, 0.3) is 0 Å². The van der Waals surface area contributed by atoms with Crippen molar-refractivity contribution < 1.29 is 21.2 Å². The number of nitrogens with one attached hydrogen (secondary N) is 1. The molecule has 0 radical (unpaired) electrons. The lowest BCUT2D eigenvalue weighted by molar-refractivity contribution is 0.586. The van der Waals surface area contributed by atoms with E-state index in [2.05, 4.69) is 4.72 Å². The molecule has 1 aliphatic heterocycles. The number of rotatable bonds is 6. The number of sulfonamides is 2. The summed E-state index contributed by atoms with van der Waals surface area (Å²) in [6, 6.07) is 18.4. The lowest BCUT2D eigenvalue weighted by Crippen LogP contribution is -2.35. The molecule has 0 amide bonds. The predicted octanol–water partition coefficient (Wildman–Crippen LogP) is 3.91. The van der Waals surface area contributed by atoms with Gasteiger partial charge in [0, 0.05) is 6.54 Å².